The molecular weight excluding hydrogens is 270 g/mol. The first-order valence-electron chi connectivity index (χ1n) is 6.37. The first-order chi connectivity index (χ1) is 9.78. The van der Waals surface area contributed by atoms with Crippen molar-refractivity contribution >= 4 is 32.6 Å². The Morgan fingerprint density at radius 1 is 1.30 bits per heavy atom. The van der Waals surface area contributed by atoms with Gasteiger partial charge < -0.3 is 0 Å². The summed E-state index contributed by atoms with van der Waals surface area (Å²) in [5.74, 6) is -0.185. The number of pyridine rings is 1. The maximum absolute atomic E-state index is 12.1. The van der Waals surface area contributed by atoms with Gasteiger partial charge in [0, 0.05) is 12.4 Å². The molecule has 0 aliphatic rings. The first-order valence-corrected chi connectivity index (χ1v) is 7.19. The van der Waals surface area contributed by atoms with Crippen LogP contribution in [0.25, 0.3) is 10.2 Å². The van der Waals surface area contributed by atoms with Crippen LogP contribution in [0.2, 0.25) is 0 Å². The van der Waals surface area contributed by atoms with Crippen LogP contribution < -0.4 is 5.32 Å². The molecule has 0 aliphatic carbocycles. The Balaban J connectivity index is 1.90. The summed E-state index contributed by atoms with van der Waals surface area (Å²) < 4.78 is 1.09. The molecule has 0 radical (unpaired) electrons. The van der Waals surface area contributed by atoms with E-state index in [0.717, 1.165) is 16.6 Å². The van der Waals surface area contributed by atoms with Crippen molar-refractivity contribution in [3.63, 3.8) is 0 Å². The fourth-order valence-electron chi connectivity index (χ4n) is 2.01. The fraction of sp³-hybridized carbons (Fsp3) is 0.133. The van der Waals surface area contributed by atoms with Crippen LogP contribution in [0.5, 0.6) is 0 Å². The van der Waals surface area contributed by atoms with E-state index in [-0.39, 0.29) is 5.91 Å². The number of aryl methyl sites for hydroxylation is 1. The van der Waals surface area contributed by atoms with Gasteiger partial charge in [-0.05, 0) is 30.2 Å². The number of aromatic nitrogens is 2. The lowest BCUT2D eigenvalue weighted by molar-refractivity contribution is 0.102. The zero-order chi connectivity index (χ0) is 13.9. The number of carbonyl (C=O) groups is 1. The van der Waals surface area contributed by atoms with E-state index in [4.69, 9.17) is 0 Å². The minimum absolute atomic E-state index is 0.185. The van der Waals surface area contributed by atoms with Crippen LogP contribution in [0, 0.1) is 0 Å². The van der Waals surface area contributed by atoms with E-state index in [0.29, 0.717) is 10.7 Å². The Morgan fingerprint density at radius 2 is 2.20 bits per heavy atom. The van der Waals surface area contributed by atoms with Gasteiger partial charge in [-0.15, -0.1) is 0 Å². The van der Waals surface area contributed by atoms with Gasteiger partial charge in [-0.2, -0.15) is 0 Å². The Bertz CT molecular complexity index is 752. The van der Waals surface area contributed by atoms with Crippen LogP contribution in [0.15, 0.2) is 42.7 Å². The number of benzene rings is 1. The van der Waals surface area contributed by atoms with Gasteiger partial charge in [-0.3, -0.25) is 15.1 Å². The molecule has 1 N–H and O–H groups in total. The molecule has 5 heteroatoms. The van der Waals surface area contributed by atoms with Crippen molar-refractivity contribution < 1.29 is 4.79 Å². The highest BCUT2D eigenvalue weighted by molar-refractivity contribution is 7.22. The number of thiazole rings is 1. The van der Waals surface area contributed by atoms with Crippen LogP contribution in [0.3, 0.4) is 0 Å². The number of para-hydroxylation sites is 1. The molecule has 0 saturated carbocycles. The summed E-state index contributed by atoms with van der Waals surface area (Å²) in [5, 5.41) is 3.45. The van der Waals surface area contributed by atoms with Crippen molar-refractivity contribution in [2.24, 2.45) is 0 Å². The number of carbonyl (C=O) groups excluding carboxylic acids is 1. The third-order valence-electron chi connectivity index (χ3n) is 3.03. The SMILES string of the molecule is CCc1cccc2sc(NC(=O)c3cccnc3)nc12. The van der Waals surface area contributed by atoms with E-state index in [2.05, 4.69) is 28.3 Å². The lowest BCUT2D eigenvalue weighted by atomic mass is 10.1. The Labute approximate surface area is 120 Å². The Kier molecular flexibility index (Phi) is 3.43. The smallest absolute Gasteiger partial charge is 0.259 e. The van der Waals surface area contributed by atoms with Gasteiger partial charge in [0.25, 0.3) is 5.91 Å². The van der Waals surface area contributed by atoms with Crippen molar-refractivity contribution in [2.45, 2.75) is 13.3 Å². The van der Waals surface area contributed by atoms with Gasteiger partial charge in [-0.25, -0.2) is 4.98 Å². The number of amides is 1. The van der Waals surface area contributed by atoms with Gasteiger partial charge in [0.1, 0.15) is 0 Å². The predicted molar refractivity (Wildman–Crippen MR) is 81.2 cm³/mol. The summed E-state index contributed by atoms with van der Waals surface area (Å²) in [7, 11) is 0. The molecule has 1 amide bonds. The number of rotatable bonds is 3. The molecule has 3 aromatic rings. The Morgan fingerprint density at radius 3 is 2.95 bits per heavy atom. The van der Waals surface area contributed by atoms with E-state index in [1.54, 1.807) is 24.5 Å². The average Bonchev–Trinajstić information content (AvgIpc) is 2.90. The second-order valence-electron chi connectivity index (χ2n) is 4.33. The molecule has 20 heavy (non-hydrogen) atoms. The molecule has 0 aliphatic heterocycles. The van der Waals surface area contributed by atoms with E-state index in [1.807, 2.05) is 12.1 Å². The third-order valence-corrected chi connectivity index (χ3v) is 3.96. The molecule has 2 aromatic heterocycles. The van der Waals surface area contributed by atoms with Crippen LogP contribution in [-0.4, -0.2) is 15.9 Å². The second kappa shape index (κ2) is 5.38. The largest absolute Gasteiger partial charge is 0.298 e. The molecule has 2 heterocycles. The fourth-order valence-corrected chi connectivity index (χ4v) is 2.92. The summed E-state index contributed by atoms with van der Waals surface area (Å²) in [5.41, 5.74) is 2.70. The van der Waals surface area contributed by atoms with E-state index in [1.165, 1.54) is 16.9 Å². The summed E-state index contributed by atoms with van der Waals surface area (Å²) in [6.45, 7) is 2.10. The molecule has 3 rings (SSSR count). The van der Waals surface area contributed by atoms with Crippen LogP contribution in [-0.2, 0) is 6.42 Å². The number of hydrogen-bond donors (Lipinski definition) is 1. The van der Waals surface area contributed by atoms with Crippen molar-refractivity contribution in [2.75, 3.05) is 5.32 Å². The molecule has 100 valence electrons. The lowest BCUT2D eigenvalue weighted by Gasteiger charge is -1.99. The molecule has 0 saturated heterocycles. The highest BCUT2D eigenvalue weighted by Gasteiger charge is 2.11. The quantitative estimate of drug-likeness (QED) is 0.800. The van der Waals surface area contributed by atoms with E-state index < -0.39 is 0 Å². The predicted octanol–water partition coefficient (Wildman–Crippen LogP) is 3.51. The van der Waals surface area contributed by atoms with Crippen LogP contribution in [0.1, 0.15) is 22.8 Å². The second-order valence-corrected chi connectivity index (χ2v) is 5.36. The van der Waals surface area contributed by atoms with Crippen molar-refractivity contribution in [1.29, 1.82) is 0 Å². The van der Waals surface area contributed by atoms with Crippen molar-refractivity contribution in [3.8, 4) is 0 Å². The molecule has 0 bridgehead atoms. The summed E-state index contributed by atoms with van der Waals surface area (Å²) in [4.78, 5) is 20.5. The molecule has 4 nitrogen and oxygen atoms in total. The normalized spacial score (nSPS) is 10.7. The average molecular weight is 283 g/mol. The highest BCUT2D eigenvalue weighted by atomic mass is 32.1. The van der Waals surface area contributed by atoms with Gasteiger partial charge in [0.15, 0.2) is 5.13 Å². The third kappa shape index (κ3) is 2.40. The molecule has 0 fully saturated rings. The number of hydrogen-bond acceptors (Lipinski definition) is 4. The van der Waals surface area contributed by atoms with E-state index >= 15 is 0 Å². The molecule has 0 spiro atoms. The monoisotopic (exact) mass is 283 g/mol. The number of anilines is 1. The van der Waals surface area contributed by atoms with Gasteiger partial charge in [0.2, 0.25) is 0 Å². The summed E-state index contributed by atoms with van der Waals surface area (Å²) in [6, 6.07) is 9.57. The maximum Gasteiger partial charge on any atom is 0.259 e. The summed E-state index contributed by atoms with van der Waals surface area (Å²) in [6.07, 6.45) is 4.11. The summed E-state index contributed by atoms with van der Waals surface area (Å²) >= 11 is 1.49. The highest BCUT2D eigenvalue weighted by Crippen LogP contribution is 2.28. The number of nitrogens with one attached hydrogen (secondary N) is 1. The lowest BCUT2D eigenvalue weighted by Crippen LogP contribution is -2.11. The van der Waals surface area contributed by atoms with Crippen molar-refractivity contribution in [1.82, 2.24) is 9.97 Å². The zero-order valence-electron chi connectivity index (χ0n) is 11.0. The van der Waals surface area contributed by atoms with Gasteiger partial charge in [-0.1, -0.05) is 30.4 Å². The minimum atomic E-state index is -0.185. The van der Waals surface area contributed by atoms with Crippen LogP contribution in [0.4, 0.5) is 5.13 Å². The minimum Gasteiger partial charge on any atom is -0.298 e. The maximum atomic E-state index is 12.1. The standard InChI is InChI=1S/C15H13N3OS/c1-2-10-5-3-7-12-13(10)17-15(20-12)18-14(19)11-6-4-8-16-9-11/h3-9H,2H2,1H3,(H,17,18,19). The first kappa shape index (κ1) is 12.7. The molecule has 1 aromatic carbocycles. The number of nitrogens with zero attached hydrogens (tertiary/aromatic N) is 2. The molecular formula is C15H13N3OS. The Hall–Kier alpha value is -2.27. The zero-order valence-corrected chi connectivity index (χ0v) is 11.8. The van der Waals surface area contributed by atoms with E-state index in [9.17, 15) is 4.79 Å². The topological polar surface area (TPSA) is 54.9 Å². The molecule has 0 atom stereocenters. The van der Waals surface area contributed by atoms with Gasteiger partial charge in [0.05, 0.1) is 15.8 Å². The van der Waals surface area contributed by atoms with Gasteiger partial charge >= 0.3 is 0 Å². The molecule has 0 unspecified atom stereocenters. The van der Waals surface area contributed by atoms with Crippen molar-refractivity contribution in [3.05, 3.63) is 53.9 Å². The van der Waals surface area contributed by atoms with Crippen LogP contribution >= 0.6 is 11.3 Å². The number of fused-ring (bicyclic) bond motifs is 1.